The van der Waals surface area contributed by atoms with Crippen LogP contribution in [0.25, 0.3) is 0 Å². The number of nitrogens with zero attached hydrogens (tertiary/aromatic N) is 1. The van der Waals surface area contributed by atoms with Gasteiger partial charge in [-0.05, 0) is 19.3 Å². The lowest BCUT2D eigenvalue weighted by Crippen LogP contribution is -2.17. The Labute approximate surface area is 70.5 Å². The van der Waals surface area contributed by atoms with Gasteiger partial charge in [-0.3, -0.25) is 0 Å². The summed E-state index contributed by atoms with van der Waals surface area (Å²) < 4.78 is 0. The van der Waals surface area contributed by atoms with Gasteiger partial charge >= 0.3 is 0 Å². The molecule has 1 aliphatic rings. The predicted octanol–water partition coefficient (Wildman–Crippen LogP) is 1.59. The summed E-state index contributed by atoms with van der Waals surface area (Å²) in [5, 5.41) is 3.30. The summed E-state index contributed by atoms with van der Waals surface area (Å²) in [6.07, 6.45) is 3.11. The Morgan fingerprint density at radius 3 is 3.09 bits per heavy atom. The van der Waals surface area contributed by atoms with Crippen molar-refractivity contribution in [2.45, 2.75) is 25.3 Å². The quantitative estimate of drug-likeness (QED) is 0.728. The van der Waals surface area contributed by atoms with Gasteiger partial charge in [-0.1, -0.05) is 0 Å². The highest BCUT2D eigenvalue weighted by atomic mass is 32.1. The van der Waals surface area contributed by atoms with E-state index in [1.54, 1.807) is 11.3 Å². The first kappa shape index (κ1) is 7.25. The van der Waals surface area contributed by atoms with Gasteiger partial charge in [0.25, 0.3) is 0 Å². The molecule has 0 radical (unpaired) electrons. The fourth-order valence-electron chi connectivity index (χ4n) is 1.50. The Kier molecular flexibility index (Phi) is 1.69. The maximum absolute atomic E-state index is 5.77. The lowest BCUT2D eigenvalue weighted by Gasteiger charge is -2.00. The van der Waals surface area contributed by atoms with Crippen molar-refractivity contribution in [1.82, 2.24) is 4.98 Å². The highest BCUT2D eigenvalue weighted by molar-refractivity contribution is 7.09. The number of nitrogens with two attached hydrogens (primary N) is 1. The predicted molar refractivity (Wildman–Crippen MR) is 46.6 cm³/mol. The molecule has 1 heterocycles. The largest absolute Gasteiger partial charge is 0.328 e. The Hall–Kier alpha value is -0.410. The van der Waals surface area contributed by atoms with Crippen molar-refractivity contribution in [3.05, 3.63) is 16.6 Å². The normalized spacial score (nSPS) is 31.8. The molecule has 3 atom stereocenters. The van der Waals surface area contributed by atoms with Gasteiger partial charge in [0.05, 0.1) is 5.01 Å². The summed E-state index contributed by atoms with van der Waals surface area (Å²) in [6, 6.07) is 0.337. The number of hydrogen-bond acceptors (Lipinski definition) is 3. The lowest BCUT2D eigenvalue weighted by molar-refractivity contribution is 0.631. The zero-order chi connectivity index (χ0) is 7.84. The van der Waals surface area contributed by atoms with Crippen molar-refractivity contribution in [2.75, 3.05) is 0 Å². The topological polar surface area (TPSA) is 38.9 Å². The van der Waals surface area contributed by atoms with E-state index in [9.17, 15) is 0 Å². The third-order valence-corrected chi connectivity index (χ3v) is 3.19. The van der Waals surface area contributed by atoms with Crippen LogP contribution in [0.5, 0.6) is 0 Å². The minimum atomic E-state index is 0.337. The third kappa shape index (κ3) is 1.30. The van der Waals surface area contributed by atoms with Crippen LogP contribution < -0.4 is 5.73 Å². The lowest BCUT2D eigenvalue weighted by atomic mass is 10.2. The standard InChI is InChI=1S/C8H12N2S/c1-5(9)6-4-7(6)8-10-2-3-11-8/h2-3,5-7H,4,9H2,1H3. The molecule has 3 heteroatoms. The van der Waals surface area contributed by atoms with Crippen molar-refractivity contribution in [1.29, 1.82) is 0 Å². The zero-order valence-corrected chi connectivity index (χ0v) is 7.34. The fourth-order valence-corrected chi connectivity index (χ4v) is 2.33. The molecule has 1 fully saturated rings. The molecule has 0 aromatic carbocycles. The van der Waals surface area contributed by atoms with Crippen LogP contribution >= 0.6 is 11.3 Å². The van der Waals surface area contributed by atoms with E-state index in [0.29, 0.717) is 17.9 Å². The first-order chi connectivity index (χ1) is 5.29. The SMILES string of the molecule is CC(N)C1CC1c1nccs1. The maximum atomic E-state index is 5.77. The third-order valence-electron chi connectivity index (χ3n) is 2.28. The van der Waals surface area contributed by atoms with Crippen LogP contribution in [0.3, 0.4) is 0 Å². The van der Waals surface area contributed by atoms with E-state index in [1.165, 1.54) is 11.4 Å². The van der Waals surface area contributed by atoms with Crippen LogP contribution in [0.2, 0.25) is 0 Å². The van der Waals surface area contributed by atoms with Gasteiger partial charge in [0.2, 0.25) is 0 Å². The van der Waals surface area contributed by atoms with E-state index in [0.717, 1.165) is 0 Å². The van der Waals surface area contributed by atoms with Gasteiger partial charge in [0.15, 0.2) is 0 Å². The second-order valence-corrected chi connectivity index (χ2v) is 4.16. The van der Waals surface area contributed by atoms with Gasteiger partial charge in [0.1, 0.15) is 0 Å². The molecule has 3 unspecified atom stereocenters. The molecular formula is C8H12N2S. The highest BCUT2D eigenvalue weighted by Crippen LogP contribution is 2.49. The van der Waals surface area contributed by atoms with Crippen LogP contribution in [0.15, 0.2) is 11.6 Å². The van der Waals surface area contributed by atoms with Crippen LogP contribution in [0, 0.1) is 5.92 Å². The molecule has 1 aliphatic carbocycles. The molecular weight excluding hydrogens is 156 g/mol. The van der Waals surface area contributed by atoms with Crippen molar-refractivity contribution >= 4 is 11.3 Å². The molecule has 1 aromatic heterocycles. The monoisotopic (exact) mass is 168 g/mol. The Bertz CT molecular complexity index is 230. The summed E-state index contributed by atoms with van der Waals surface area (Å²) in [6.45, 7) is 2.08. The van der Waals surface area contributed by atoms with Crippen LogP contribution in [0.1, 0.15) is 24.3 Å². The molecule has 1 aromatic rings. The molecule has 60 valence electrons. The summed E-state index contributed by atoms with van der Waals surface area (Å²) in [4.78, 5) is 4.27. The van der Waals surface area contributed by atoms with Gasteiger partial charge in [-0.15, -0.1) is 11.3 Å². The van der Waals surface area contributed by atoms with Crippen molar-refractivity contribution in [3.8, 4) is 0 Å². The van der Waals surface area contributed by atoms with Gasteiger partial charge in [-0.2, -0.15) is 0 Å². The minimum absolute atomic E-state index is 0.337. The average molecular weight is 168 g/mol. The number of thiazole rings is 1. The number of hydrogen-bond donors (Lipinski definition) is 1. The summed E-state index contributed by atoms with van der Waals surface area (Å²) in [5.74, 6) is 1.37. The van der Waals surface area contributed by atoms with Gasteiger partial charge in [0, 0.05) is 23.5 Å². The second-order valence-electron chi connectivity index (χ2n) is 3.24. The van der Waals surface area contributed by atoms with Crippen LogP contribution in [0.4, 0.5) is 0 Å². The maximum Gasteiger partial charge on any atom is 0.0959 e. The molecule has 0 aliphatic heterocycles. The highest BCUT2D eigenvalue weighted by Gasteiger charge is 2.42. The van der Waals surface area contributed by atoms with E-state index in [2.05, 4.69) is 11.9 Å². The molecule has 2 nitrogen and oxygen atoms in total. The van der Waals surface area contributed by atoms with E-state index >= 15 is 0 Å². The van der Waals surface area contributed by atoms with Gasteiger partial charge < -0.3 is 5.73 Å². The molecule has 0 amide bonds. The van der Waals surface area contributed by atoms with E-state index in [1.807, 2.05) is 11.6 Å². The molecule has 11 heavy (non-hydrogen) atoms. The molecule has 2 N–H and O–H groups in total. The Balaban J connectivity index is 2.02. The first-order valence-electron chi connectivity index (χ1n) is 3.94. The number of aromatic nitrogens is 1. The van der Waals surface area contributed by atoms with Gasteiger partial charge in [-0.25, -0.2) is 4.98 Å². The molecule has 0 spiro atoms. The second kappa shape index (κ2) is 2.57. The molecule has 1 saturated carbocycles. The molecule has 0 bridgehead atoms. The van der Waals surface area contributed by atoms with E-state index in [-0.39, 0.29) is 0 Å². The number of rotatable bonds is 2. The Morgan fingerprint density at radius 1 is 1.82 bits per heavy atom. The van der Waals surface area contributed by atoms with Crippen molar-refractivity contribution < 1.29 is 0 Å². The van der Waals surface area contributed by atoms with E-state index < -0.39 is 0 Å². The van der Waals surface area contributed by atoms with Crippen LogP contribution in [-0.4, -0.2) is 11.0 Å². The minimum Gasteiger partial charge on any atom is -0.328 e. The zero-order valence-electron chi connectivity index (χ0n) is 6.53. The fraction of sp³-hybridized carbons (Fsp3) is 0.625. The summed E-state index contributed by atoms with van der Waals surface area (Å²) in [5.41, 5.74) is 5.77. The summed E-state index contributed by atoms with van der Waals surface area (Å²) in [7, 11) is 0. The average Bonchev–Trinajstić information content (AvgIpc) is 2.60. The van der Waals surface area contributed by atoms with Crippen molar-refractivity contribution in [2.24, 2.45) is 11.7 Å². The Morgan fingerprint density at radius 2 is 2.64 bits per heavy atom. The summed E-state index contributed by atoms with van der Waals surface area (Å²) >= 11 is 1.75. The van der Waals surface area contributed by atoms with E-state index in [4.69, 9.17) is 5.73 Å². The first-order valence-corrected chi connectivity index (χ1v) is 4.82. The molecule has 0 saturated heterocycles. The van der Waals surface area contributed by atoms with Crippen LogP contribution in [-0.2, 0) is 0 Å². The molecule has 2 rings (SSSR count). The smallest absolute Gasteiger partial charge is 0.0959 e. The van der Waals surface area contributed by atoms with Crippen molar-refractivity contribution in [3.63, 3.8) is 0 Å².